The molecule has 1 unspecified atom stereocenters. The molecule has 0 aromatic carbocycles. The minimum atomic E-state index is -0.195. The molecule has 1 aromatic heterocycles. The fourth-order valence-corrected chi connectivity index (χ4v) is 1.41. The average Bonchev–Trinajstić information content (AvgIpc) is 2.26. The zero-order valence-corrected chi connectivity index (χ0v) is 8.02. The largest absolute Gasteiger partial charge is 0.393 e. The minimum absolute atomic E-state index is 0.195. The number of rotatable bonds is 3. The molecule has 2 heteroatoms. The molecular weight excluding hydrogens is 150 g/mol. The van der Waals surface area contributed by atoms with Crippen LogP contribution >= 0.6 is 0 Å². The van der Waals surface area contributed by atoms with Gasteiger partial charge in [-0.15, -0.1) is 0 Å². The van der Waals surface area contributed by atoms with Crippen molar-refractivity contribution in [2.24, 2.45) is 0 Å². The number of aliphatic hydroxyl groups excluding tert-OH is 1. The number of aliphatic hydroxyl groups is 1. The molecule has 0 bridgehead atoms. The van der Waals surface area contributed by atoms with E-state index in [-0.39, 0.29) is 6.10 Å². The first-order chi connectivity index (χ1) is 5.59. The Hall–Kier alpha value is -0.760. The quantitative estimate of drug-likeness (QED) is 0.709. The highest BCUT2D eigenvalue weighted by atomic mass is 16.3. The summed E-state index contributed by atoms with van der Waals surface area (Å²) in [5.74, 6) is 0. The molecule has 0 saturated carbocycles. The van der Waals surface area contributed by atoms with Gasteiger partial charge >= 0.3 is 0 Å². The van der Waals surface area contributed by atoms with Crippen molar-refractivity contribution in [1.29, 1.82) is 0 Å². The van der Waals surface area contributed by atoms with E-state index in [2.05, 4.69) is 24.9 Å². The second-order valence-corrected chi connectivity index (χ2v) is 3.49. The molecule has 68 valence electrons. The minimum Gasteiger partial charge on any atom is -0.393 e. The molecule has 1 aromatic rings. The highest BCUT2D eigenvalue weighted by Gasteiger charge is 2.03. The predicted molar refractivity (Wildman–Crippen MR) is 50.3 cm³/mol. The lowest BCUT2D eigenvalue weighted by Gasteiger charge is -2.02. The standard InChI is InChI=1S/C10H17NO/c1-7-6-10(9(3)11-7)5-4-8(2)12/h6,8,11-12H,4-5H2,1-3H3. The van der Waals surface area contributed by atoms with Gasteiger partial charge in [-0.25, -0.2) is 0 Å². The topological polar surface area (TPSA) is 36.0 Å². The van der Waals surface area contributed by atoms with Crippen LogP contribution in [0.3, 0.4) is 0 Å². The maximum Gasteiger partial charge on any atom is 0.0515 e. The molecule has 0 aliphatic carbocycles. The van der Waals surface area contributed by atoms with E-state index in [1.54, 1.807) is 0 Å². The molecule has 1 rings (SSSR count). The monoisotopic (exact) mass is 167 g/mol. The van der Waals surface area contributed by atoms with Crippen molar-refractivity contribution < 1.29 is 5.11 Å². The molecule has 0 spiro atoms. The van der Waals surface area contributed by atoms with Crippen LogP contribution in [0.5, 0.6) is 0 Å². The molecule has 0 radical (unpaired) electrons. The molecular formula is C10H17NO. The van der Waals surface area contributed by atoms with Gasteiger partial charge in [0.15, 0.2) is 0 Å². The molecule has 2 N–H and O–H groups in total. The predicted octanol–water partition coefficient (Wildman–Crippen LogP) is 1.94. The molecule has 0 aliphatic heterocycles. The number of aromatic nitrogens is 1. The fourth-order valence-electron chi connectivity index (χ4n) is 1.41. The van der Waals surface area contributed by atoms with Gasteiger partial charge in [0.2, 0.25) is 0 Å². The summed E-state index contributed by atoms with van der Waals surface area (Å²) < 4.78 is 0. The van der Waals surface area contributed by atoms with Gasteiger partial charge in [-0.1, -0.05) is 0 Å². The van der Waals surface area contributed by atoms with Crippen molar-refractivity contribution in [2.45, 2.75) is 39.7 Å². The highest BCUT2D eigenvalue weighted by Crippen LogP contribution is 2.12. The molecule has 0 saturated heterocycles. The smallest absolute Gasteiger partial charge is 0.0515 e. The molecule has 2 nitrogen and oxygen atoms in total. The molecule has 0 amide bonds. The lowest BCUT2D eigenvalue weighted by molar-refractivity contribution is 0.185. The summed E-state index contributed by atoms with van der Waals surface area (Å²) >= 11 is 0. The summed E-state index contributed by atoms with van der Waals surface area (Å²) in [6.45, 7) is 5.96. The first kappa shape index (κ1) is 9.33. The van der Waals surface area contributed by atoms with E-state index < -0.39 is 0 Å². The van der Waals surface area contributed by atoms with Crippen LogP contribution in [0.2, 0.25) is 0 Å². The third-order valence-corrected chi connectivity index (χ3v) is 2.09. The van der Waals surface area contributed by atoms with Crippen molar-refractivity contribution in [3.63, 3.8) is 0 Å². The Kier molecular flexibility index (Phi) is 2.93. The lowest BCUT2D eigenvalue weighted by Crippen LogP contribution is -2.01. The summed E-state index contributed by atoms with van der Waals surface area (Å²) in [6, 6.07) is 2.15. The first-order valence-electron chi connectivity index (χ1n) is 4.42. The average molecular weight is 167 g/mol. The van der Waals surface area contributed by atoms with Gasteiger partial charge in [-0.3, -0.25) is 0 Å². The molecule has 0 aliphatic rings. The zero-order chi connectivity index (χ0) is 9.14. The molecule has 0 fully saturated rings. The number of hydrogen-bond donors (Lipinski definition) is 2. The number of nitrogens with one attached hydrogen (secondary N) is 1. The summed E-state index contributed by atoms with van der Waals surface area (Å²) in [4.78, 5) is 3.25. The Morgan fingerprint density at radius 1 is 1.50 bits per heavy atom. The van der Waals surface area contributed by atoms with Crippen LogP contribution in [0, 0.1) is 13.8 Å². The van der Waals surface area contributed by atoms with Crippen LogP contribution in [-0.2, 0) is 6.42 Å². The Labute approximate surface area is 73.6 Å². The lowest BCUT2D eigenvalue weighted by atomic mass is 10.1. The zero-order valence-electron chi connectivity index (χ0n) is 8.02. The van der Waals surface area contributed by atoms with Crippen LogP contribution in [-0.4, -0.2) is 16.2 Å². The van der Waals surface area contributed by atoms with E-state index in [0.717, 1.165) is 12.8 Å². The van der Waals surface area contributed by atoms with Crippen molar-refractivity contribution in [3.8, 4) is 0 Å². The van der Waals surface area contributed by atoms with E-state index >= 15 is 0 Å². The fraction of sp³-hybridized carbons (Fsp3) is 0.600. The van der Waals surface area contributed by atoms with E-state index in [4.69, 9.17) is 5.11 Å². The van der Waals surface area contributed by atoms with Gasteiger partial charge in [0.1, 0.15) is 0 Å². The maximum atomic E-state index is 9.10. The van der Waals surface area contributed by atoms with Crippen LogP contribution in [0.25, 0.3) is 0 Å². The van der Waals surface area contributed by atoms with E-state index in [1.807, 2.05) is 6.92 Å². The van der Waals surface area contributed by atoms with Gasteiger partial charge in [0, 0.05) is 11.4 Å². The second-order valence-electron chi connectivity index (χ2n) is 3.49. The summed E-state index contributed by atoms with van der Waals surface area (Å²) in [5.41, 5.74) is 3.76. The summed E-state index contributed by atoms with van der Waals surface area (Å²) in [5, 5.41) is 9.10. The van der Waals surface area contributed by atoms with Gasteiger partial charge < -0.3 is 10.1 Å². The Morgan fingerprint density at radius 2 is 2.17 bits per heavy atom. The van der Waals surface area contributed by atoms with Gasteiger partial charge in [-0.05, 0) is 45.2 Å². The molecule has 1 heterocycles. The van der Waals surface area contributed by atoms with Gasteiger partial charge in [-0.2, -0.15) is 0 Å². The SMILES string of the molecule is Cc1cc(CCC(C)O)c(C)[nH]1. The first-order valence-corrected chi connectivity index (χ1v) is 4.42. The van der Waals surface area contributed by atoms with Gasteiger partial charge in [0.25, 0.3) is 0 Å². The van der Waals surface area contributed by atoms with Crippen LogP contribution < -0.4 is 0 Å². The Balaban J connectivity index is 2.57. The number of aryl methyl sites for hydroxylation is 3. The maximum absolute atomic E-state index is 9.10. The summed E-state index contributed by atoms with van der Waals surface area (Å²) in [6.07, 6.45) is 1.62. The van der Waals surface area contributed by atoms with Gasteiger partial charge in [0.05, 0.1) is 6.10 Å². The van der Waals surface area contributed by atoms with E-state index in [1.165, 1.54) is 17.0 Å². The summed E-state index contributed by atoms with van der Waals surface area (Å²) in [7, 11) is 0. The number of H-pyrrole nitrogens is 1. The normalized spacial score (nSPS) is 13.3. The Bertz CT molecular complexity index is 250. The third-order valence-electron chi connectivity index (χ3n) is 2.09. The van der Waals surface area contributed by atoms with Crippen molar-refractivity contribution in [1.82, 2.24) is 4.98 Å². The molecule has 12 heavy (non-hydrogen) atoms. The molecule has 1 atom stereocenters. The van der Waals surface area contributed by atoms with E-state index in [0.29, 0.717) is 0 Å². The van der Waals surface area contributed by atoms with Crippen LogP contribution in [0.1, 0.15) is 30.3 Å². The van der Waals surface area contributed by atoms with Crippen molar-refractivity contribution in [2.75, 3.05) is 0 Å². The van der Waals surface area contributed by atoms with Crippen molar-refractivity contribution >= 4 is 0 Å². The number of hydrogen-bond acceptors (Lipinski definition) is 1. The van der Waals surface area contributed by atoms with E-state index in [9.17, 15) is 0 Å². The third kappa shape index (κ3) is 2.38. The van der Waals surface area contributed by atoms with Crippen molar-refractivity contribution in [3.05, 3.63) is 23.0 Å². The Morgan fingerprint density at radius 3 is 2.58 bits per heavy atom. The highest BCUT2D eigenvalue weighted by molar-refractivity contribution is 5.24. The second kappa shape index (κ2) is 3.76. The van der Waals surface area contributed by atoms with Crippen LogP contribution in [0.4, 0.5) is 0 Å². The van der Waals surface area contributed by atoms with Crippen LogP contribution in [0.15, 0.2) is 6.07 Å². The number of aromatic amines is 1.